The molecule has 1 aliphatic heterocycles. The third-order valence-electron chi connectivity index (χ3n) is 7.13. The van der Waals surface area contributed by atoms with Gasteiger partial charge in [0.2, 0.25) is 11.8 Å². The molecule has 2 saturated carbocycles. The van der Waals surface area contributed by atoms with E-state index in [4.69, 9.17) is 4.52 Å². The van der Waals surface area contributed by atoms with Crippen LogP contribution in [0.25, 0.3) is 0 Å². The molecule has 2 heterocycles. The molecule has 3 fully saturated rings. The van der Waals surface area contributed by atoms with Crippen LogP contribution in [0.3, 0.4) is 0 Å². The lowest BCUT2D eigenvalue weighted by molar-refractivity contribution is -0.132. The first-order valence-corrected chi connectivity index (χ1v) is 11.5. The topological polar surface area (TPSA) is 62.5 Å². The molecule has 6 heteroatoms. The van der Waals surface area contributed by atoms with Crippen LogP contribution in [0.4, 0.5) is 0 Å². The van der Waals surface area contributed by atoms with Crippen molar-refractivity contribution in [2.24, 2.45) is 0 Å². The van der Waals surface area contributed by atoms with Gasteiger partial charge in [-0.2, -0.15) is 4.98 Å². The molecule has 0 N–H and O–H groups in total. The first-order chi connectivity index (χ1) is 13.7. The van der Waals surface area contributed by atoms with Crippen LogP contribution >= 0.6 is 0 Å². The fourth-order valence-corrected chi connectivity index (χ4v) is 5.20. The van der Waals surface area contributed by atoms with E-state index in [9.17, 15) is 4.79 Å². The molecular formula is C22H36N4O2. The minimum atomic E-state index is 0.176. The normalized spacial score (nSPS) is 25.2. The minimum absolute atomic E-state index is 0.176. The molecule has 156 valence electrons. The zero-order valence-corrected chi connectivity index (χ0v) is 17.4. The van der Waals surface area contributed by atoms with E-state index in [1.165, 1.54) is 70.8 Å². The van der Waals surface area contributed by atoms with Gasteiger partial charge < -0.3 is 9.42 Å². The molecule has 4 rings (SSSR count). The average Bonchev–Trinajstić information content (AvgIpc) is 2.93. The van der Waals surface area contributed by atoms with E-state index in [1.54, 1.807) is 6.92 Å². The summed E-state index contributed by atoms with van der Waals surface area (Å²) in [7, 11) is 0. The van der Waals surface area contributed by atoms with E-state index in [1.807, 2.05) is 0 Å². The van der Waals surface area contributed by atoms with Gasteiger partial charge in [0.15, 0.2) is 5.82 Å². The van der Waals surface area contributed by atoms with Gasteiger partial charge in [-0.25, -0.2) is 0 Å². The second-order valence-corrected chi connectivity index (χ2v) is 9.08. The van der Waals surface area contributed by atoms with E-state index in [-0.39, 0.29) is 5.91 Å². The van der Waals surface area contributed by atoms with Gasteiger partial charge in [0.05, 0.1) is 0 Å². The molecule has 0 radical (unpaired) electrons. The zero-order chi connectivity index (χ0) is 19.3. The number of aromatic nitrogens is 2. The predicted molar refractivity (Wildman–Crippen MR) is 108 cm³/mol. The molecule has 2 aliphatic carbocycles. The van der Waals surface area contributed by atoms with E-state index < -0.39 is 0 Å². The van der Waals surface area contributed by atoms with Gasteiger partial charge in [0.25, 0.3) is 0 Å². The number of amides is 1. The van der Waals surface area contributed by atoms with Crippen LogP contribution in [-0.4, -0.2) is 57.6 Å². The van der Waals surface area contributed by atoms with Crippen LogP contribution in [0.5, 0.6) is 0 Å². The Balaban J connectivity index is 1.33. The highest BCUT2D eigenvalue weighted by atomic mass is 16.5. The molecule has 1 saturated heterocycles. The highest BCUT2D eigenvalue weighted by Gasteiger charge is 2.31. The summed E-state index contributed by atoms with van der Waals surface area (Å²) in [6.07, 6.45) is 14.8. The number of nitrogens with zero attached hydrogens (tertiary/aromatic N) is 4. The number of carbonyl (C=O) groups excluding carboxylic acids is 1. The van der Waals surface area contributed by atoms with Crippen molar-refractivity contribution in [3.63, 3.8) is 0 Å². The Hall–Kier alpha value is -1.43. The molecule has 1 aromatic rings. The van der Waals surface area contributed by atoms with Crippen LogP contribution in [0.1, 0.15) is 95.2 Å². The molecule has 1 amide bonds. The van der Waals surface area contributed by atoms with Gasteiger partial charge in [0.1, 0.15) is 0 Å². The summed E-state index contributed by atoms with van der Waals surface area (Å²) >= 11 is 0. The van der Waals surface area contributed by atoms with Gasteiger partial charge in [-0.3, -0.25) is 9.69 Å². The van der Waals surface area contributed by atoms with Crippen molar-refractivity contribution in [1.82, 2.24) is 19.9 Å². The molecule has 1 atom stereocenters. The number of rotatable bonds is 6. The molecule has 1 aromatic heterocycles. The molecule has 0 aromatic carbocycles. The molecule has 0 spiro atoms. The highest BCUT2D eigenvalue weighted by molar-refractivity contribution is 5.73. The Kier molecular flexibility index (Phi) is 6.65. The number of hydrogen-bond acceptors (Lipinski definition) is 5. The maximum atomic E-state index is 12.4. The van der Waals surface area contributed by atoms with Gasteiger partial charge >= 0.3 is 0 Å². The molecule has 1 unspecified atom stereocenters. The lowest BCUT2D eigenvalue weighted by Crippen LogP contribution is -2.52. The van der Waals surface area contributed by atoms with Crippen LogP contribution < -0.4 is 0 Å². The van der Waals surface area contributed by atoms with Crippen molar-refractivity contribution < 1.29 is 9.32 Å². The standard InChI is InChI=1S/C22H36N4O2/c1-17(27)26(15-13-21-23-22(28-24-21)18-8-6-9-18)20-12-7-14-25(16-20)19-10-4-2-3-5-11-19/h18-20H,2-16H2,1H3. The molecule has 0 bridgehead atoms. The summed E-state index contributed by atoms with van der Waals surface area (Å²) < 4.78 is 5.44. The lowest BCUT2D eigenvalue weighted by Gasteiger charge is -2.42. The number of piperidine rings is 1. The summed E-state index contributed by atoms with van der Waals surface area (Å²) in [5.41, 5.74) is 0. The van der Waals surface area contributed by atoms with Crippen LogP contribution in [0.15, 0.2) is 4.52 Å². The Morgan fingerprint density at radius 1 is 1.07 bits per heavy atom. The maximum Gasteiger partial charge on any atom is 0.229 e. The smallest absolute Gasteiger partial charge is 0.229 e. The van der Waals surface area contributed by atoms with E-state index in [2.05, 4.69) is 19.9 Å². The number of likely N-dealkylation sites (tertiary alicyclic amines) is 1. The van der Waals surface area contributed by atoms with Crippen molar-refractivity contribution in [2.75, 3.05) is 19.6 Å². The van der Waals surface area contributed by atoms with E-state index in [0.29, 0.717) is 24.9 Å². The molecule has 3 aliphatic rings. The molecule has 6 nitrogen and oxygen atoms in total. The van der Waals surface area contributed by atoms with Crippen LogP contribution in [-0.2, 0) is 11.2 Å². The monoisotopic (exact) mass is 388 g/mol. The summed E-state index contributed by atoms with van der Waals surface area (Å²) in [6, 6.07) is 1.05. The second kappa shape index (κ2) is 9.38. The first-order valence-electron chi connectivity index (χ1n) is 11.5. The van der Waals surface area contributed by atoms with Gasteiger partial charge in [-0.05, 0) is 45.1 Å². The third kappa shape index (κ3) is 4.76. The van der Waals surface area contributed by atoms with E-state index in [0.717, 1.165) is 30.7 Å². The van der Waals surface area contributed by atoms with Crippen molar-refractivity contribution in [1.29, 1.82) is 0 Å². The number of hydrogen-bond donors (Lipinski definition) is 0. The first kappa shape index (κ1) is 19.9. The highest BCUT2D eigenvalue weighted by Crippen LogP contribution is 2.35. The SMILES string of the molecule is CC(=O)N(CCc1noc(C2CCC2)n1)C1CCCN(C2CCCCCC2)C1. The van der Waals surface area contributed by atoms with Crippen molar-refractivity contribution >= 4 is 5.91 Å². The Bertz CT molecular complexity index is 634. The van der Waals surface area contributed by atoms with Crippen molar-refractivity contribution in [3.05, 3.63) is 11.7 Å². The summed E-state index contributed by atoms with van der Waals surface area (Å²) in [6.45, 7) is 4.63. The molecular weight excluding hydrogens is 352 g/mol. The fourth-order valence-electron chi connectivity index (χ4n) is 5.20. The molecule has 28 heavy (non-hydrogen) atoms. The Morgan fingerprint density at radius 3 is 2.54 bits per heavy atom. The Labute approximate surface area is 169 Å². The second-order valence-electron chi connectivity index (χ2n) is 9.08. The lowest BCUT2D eigenvalue weighted by atomic mass is 9.85. The van der Waals surface area contributed by atoms with Crippen molar-refractivity contribution in [3.8, 4) is 0 Å². The van der Waals surface area contributed by atoms with Crippen LogP contribution in [0.2, 0.25) is 0 Å². The van der Waals surface area contributed by atoms with Gasteiger partial charge in [-0.15, -0.1) is 0 Å². The summed E-state index contributed by atoms with van der Waals surface area (Å²) in [5.74, 6) is 2.20. The third-order valence-corrected chi connectivity index (χ3v) is 7.13. The summed E-state index contributed by atoms with van der Waals surface area (Å²) in [4.78, 5) is 21.7. The fraction of sp³-hybridized carbons (Fsp3) is 0.864. The maximum absolute atomic E-state index is 12.4. The predicted octanol–water partition coefficient (Wildman–Crippen LogP) is 3.92. The average molecular weight is 389 g/mol. The van der Waals surface area contributed by atoms with Crippen LogP contribution in [0, 0.1) is 0 Å². The van der Waals surface area contributed by atoms with Crippen molar-refractivity contribution in [2.45, 2.75) is 102 Å². The largest absolute Gasteiger partial charge is 0.339 e. The zero-order valence-electron chi connectivity index (χ0n) is 17.4. The summed E-state index contributed by atoms with van der Waals surface area (Å²) in [5, 5.41) is 4.16. The van der Waals surface area contributed by atoms with Gasteiger partial charge in [0, 0.05) is 44.4 Å². The van der Waals surface area contributed by atoms with E-state index >= 15 is 0 Å². The Morgan fingerprint density at radius 2 is 1.86 bits per heavy atom. The number of carbonyl (C=O) groups is 1. The van der Waals surface area contributed by atoms with Gasteiger partial charge in [-0.1, -0.05) is 37.3 Å². The minimum Gasteiger partial charge on any atom is -0.339 e. The quantitative estimate of drug-likeness (QED) is 0.691.